The summed E-state index contributed by atoms with van der Waals surface area (Å²) < 4.78 is 1.51. The van der Waals surface area contributed by atoms with Gasteiger partial charge >= 0.3 is 5.69 Å². The van der Waals surface area contributed by atoms with Gasteiger partial charge in [0.1, 0.15) is 0 Å². The Kier molecular flexibility index (Phi) is 4.82. The smallest absolute Gasteiger partial charge is 0.330 e. The van der Waals surface area contributed by atoms with Crippen LogP contribution in [0.1, 0.15) is 55.6 Å². The highest BCUT2D eigenvalue weighted by Gasteiger charge is 2.31. The Morgan fingerprint density at radius 3 is 2.71 bits per heavy atom. The predicted molar refractivity (Wildman–Crippen MR) is 107 cm³/mol. The highest BCUT2D eigenvalue weighted by molar-refractivity contribution is 6.05. The third kappa shape index (κ3) is 3.37. The van der Waals surface area contributed by atoms with Crippen molar-refractivity contribution in [3.63, 3.8) is 0 Å². The van der Waals surface area contributed by atoms with Crippen LogP contribution in [0.2, 0.25) is 0 Å². The van der Waals surface area contributed by atoms with E-state index in [1.807, 2.05) is 20.8 Å². The SMILES string of the molecule is CC(C)Cn1c(=O)[nH]c(=O)c2c(C(=O)N3CCNC[C@H]3C)cc(C3CC3)nc21. The number of hydrogen-bond donors (Lipinski definition) is 2. The Morgan fingerprint density at radius 2 is 2.07 bits per heavy atom. The van der Waals surface area contributed by atoms with E-state index >= 15 is 0 Å². The molecular weight excluding hydrogens is 358 g/mol. The third-order valence-corrected chi connectivity index (χ3v) is 5.50. The summed E-state index contributed by atoms with van der Waals surface area (Å²) >= 11 is 0. The van der Waals surface area contributed by atoms with E-state index in [0.717, 1.165) is 31.6 Å². The normalized spacial score (nSPS) is 20.1. The number of hydrogen-bond acceptors (Lipinski definition) is 5. The van der Waals surface area contributed by atoms with Gasteiger partial charge in [0, 0.05) is 43.8 Å². The van der Waals surface area contributed by atoms with Crippen LogP contribution in [0.3, 0.4) is 0 Å². The van der Waals surface area contributed by atoms with Gasteiger partial charge in [0.15, 0.2) is 5.65 Å². The molecule has 0 aromatic carbocycles. The molecule has 0 spiro atoms. The van der Waals surface area contributed by atoms with E-state index in [4.69, 9.17) is 0 Å². The molecule has 1 saturated heterocycles. The summed E-state index contributed by atoms with van der Waals surface area (Å²) in [6, 6.07) is 1.81. The lowest BCUT2D eigenvalue weighted by Gasteiger charge is -2.34. The molecule has 2 aromatic heterocycles. The number of nitrogens with zero attached hydrogens (tertiary/aromatic N) is 3. The van der Waals surface area contributed by atoms with E-state index in [-0.39, 0.29) is 23.3 Å². The van der Waals surface area contributed by atoms with E-state index in [2.05, 4.69) is 15.3 Å². The second-order valence-corrected chi connectivity index (χ2v) is 8.38. The minimum atomic E-state index is -0.541. The number of pyridine rings is 1. The van der Waals surface area contributed by atoms with Crippen LogP contribution in [0.15, 0.2) is 15.7 Å². The number of rotatable bonds is 4. The summed E-state index contributed by atoms with van der Waals surface area (Å²) in [5.41, 5.74) is 0.486. The van der Waals surface area contributed by atoms with E-state index in [9.17, 15) is 14.4 Å². The number of H-pyrrole nitrogens is 1. The van der Waals surface area contributed by atoms with Crippen molar-refractivity contribution in [2.45, 2.75) is 52.1 Å². The van der Waals surface area contributed by atoms with Crippen LogP contribution < -0.4 is 16.6 Å². The molecule has 2 fully saturated rings. The molecule has 0 unspecified atom stereocenters. The Morgan fingerprint density at radius 1 is 1.32 bits per heavy atom. The van der Waals surface area contributed by atoms with Crippen molar-refractivity contribution in [3.05, 3.63) is 38.2 Å². The van der Waals surface area contributed by atoms with E-state index in [1.165, 1.54) is 4.57 Å². The minimum Gasteiger partial charge on any atom is -0.333 e. The molecule has 2 aliphatic rings. The molecule has 0 radical (unpaired) electrons. The zero-order valence-electron chi connectivity index (χ0n) is 16.6. The number of piperazine rings is 1. The van der Waals surface area contributed by atoms with Gasteiger partial charge in [-0.15, -0.1) is 0 Å². The monoisotopic (exact) mass is 385 g/mol. The molecule has 1 aliphatic carbocycles. The van der Waals surface area contributed by atoms with Gasteiger partial charge in [-0.1, -0.05) is 13.8 Å². The van der Waals surface area contributed by atoms with Crippen molar-refractivity contribution in [2.24, 2.45) is 5.92 Å². The van der Waals surface area contributed by atoms with Crippen LogP contribution in [0.25, 0.3) is 11.0 Å². The average Bonchev–Trinajstić information content (AvgIpc) is 3.49. The van der Waals surface area contributed by atoms with Crippen molar-refractivity contribution in [2.75, 3.05) is 19.6 Å². The van der Waals surface area contributed by atoms with Crippen molar-refractivity contribution in [3.8, 4) is 0 Å². The van der Waals surface area contributed by atoms with Crippen molar-refractivity contribution >= 4 is 16.9 Å². The zero-order valence-corrected chi connectivity index (χ0v) is 16.6. The topological polar surface area (TPSA) is 100 Å². The van der Waals surface area contributed by atoms with Crippen LogP contribution in [-0.4, -0.2) is 51.0 Å². The molecule has 2 N–H and O–H groups in total. The van der Waals surface area contributed by atoms with Gasteiger partial charge in [-0.2, -0.15) is 0 Å². The molecule has 150 valence electrons. The van der Waals surface area contributed by atoms with Crippen LogP contribution >= 0.6 is 0 Å². The second-order valence-electron chi connectivity index (χ2n) is 8.38. The van der Waals surface area contributed by atoms with Gasteiger partial charge in [0.25, 0.3) is 11.5 Å². The predicted octanol–water partition coefficient (Wildman–Crippen LogP) is 1.05. The number of nitrogens with one attached hydrogen (secondary N) is 2. The van der Waals surface area contributed by atoms with Crippen molar-refractivity contribution in [1.29, 1.82) is 0 Å². The number of carbonyl (C=O) groups excluding carboxylic acids is 1. The number of amides is 1. The van der Waals surface area contributed by atoms with Crippen molar-refractivity contribution < 1.29 is 4.79 Å². The summed E-state index contributed by atoms with van der Waals surface area (Å²) in [7, 11) is 0. The fourth-order valence-corrected chi connectivity index (χ4v) is 3.88. The standard InChI is InChI=1S/C20H27N5O3/c1-11(2)10-25-17-16(18(26)23-20(25)28)14(8-15(22-17)13-4-5-13)19(27)24-7-6-21-9-12(24)3/h8,11-13,21H,4-7,9-10H2,1-3H3,(H,23,26,28)/t12-/m1/s1. The molecule has 1 atom stereocenters. The first kappa shape index (κ1) is 18.9. The zero-order chi connectivity index (χ0) is 20.0. The fraction of sp³-hybridized carbons (Fsp3) is 0.600. The number of aromatic amines is 1. The van der Waals surface area contributed by atoms with Crippen LogP contribution in [0, 0.1) is 5.92 Å². The molecule has 1 amide bonds. The number of carbonyl (C=O) groups is 1. The first-order valence-electron chi connectivity index (χ1n) is 10.1. The van der Waals surface area contributed by atoms with Crippen LogP contribution in [-0.2, 0) is 6.54 Å². The second kappa shape index (κ2) is 7.16. The number of aromatic nitrogens is 3. The fourth-order valence-electron chi connectivity index (χ4n) is 3.88. The van der Waals surface area contributed by atoms with Gasteiger partial charge < -0.3 is 10.2 Å². The van der Waals surface area contributed by atoms with E-state index in [0.29, 0.717) is 30.2 Å². The maximum atomic E-state index is 13.4. The summed E-state index contributed by atoms with van der Waals surface area (Å²) in [5, 5.41) is 3.50. The largest absolute Gasteiger partial charge is 0.333 e. The summed E-state index contributed by atoms with van der Waals surface area (Å²) in [6.45, 7) is 8.47. The highest BCUT2D eigenvalue weighted by Crippen LogP contribution is 2.40. The van der Waals surface area contributed by atoms with E-state index < -0.39 is 11.2 Å². The Hall–Kier alpha value is -2.48. The molecule has 8 heteroatoms. The molecule has 0 bridgehead atoms. The van der Waals surface area contributed by atoms with E-state index in [1.54, 1.807) is 11.0 Å². The summed E-state index contributed by atoms with van der Waals surface area (Å²) in [5.74, 6) is 0.340. The average molecular weight is 385 g/mol. The molecule has 4 rings (SSSR count). The molecule has 3 heterocycles. The van der Waals surface area contributed by atoms with Gasteiger partial charge in [-0.25, -0.2) is 9.78 Å². The van der Waals surface area contributed by atoms with Crippen molar-refractivity contribution in [1.82, 2.24) is 24.8 Å². The maximum absolute atomic E-state index is 13.4. The quantitative estimate of drug-likeness (QED) is 0.820. The molecular formula is C20H27N5O3. The molecule has 8 nitrogen and oxygen atoms in total. The Balaban J connectivity index is 1.95. The molecule has 1 saturated carbocycles. The van der Waals surface area contributed by atoms with Gasteiger partial charge in [0.2, 0.25) is 0 Å². The van der Waals surface area contributed by atoms with Gasteiger partial charge in [-0.3, -0.25) is 19.1 Å². The van der Waals surface area contributed by atoms with Gasteiger partial charge in [-0.05, 0) is 31.7 Å². The Bertz CT molecular complexity index is 1030. The lowest BCUT2D eigenvalue weighted by Crippen LogP contribution is -2.52. The highest BCUT2D eigenvalue weighted by atomic mass is 16.2. The summed E-state index contributed by atoms with van der Waals surface area (Å²) in [6.07, 6.45) is 2.04. The lowest BCUT2D eigenvalue weighted by atomic mass is 10.1. The van der Waals surface area contributed by atoms with Crippen LogP contribution in [0.5, 0.6) is 0 Å². The third-order valence-electron chi connectivity index (χ3n) is 5.50. The molecule has 28 heavy (non-hydrogen) atoms. The summed E-state index contributed by atoms with van der Waals surface area (Å²) in [4.78, 5) is 47.5. The first-order chi connectivity index (χ1) is 13.4. The number of fused-ring (bicyclic) bond motifs is 1. The minimum absolute atomic E-state index is 0.0366. The first-order valence-corrected chi connectivity index (χ1v) is 10.1. The maximum Gasteiger partial charge on any atom is 0.330 e. The van der Waals surface area contributed by atoms with Gasteiger partial charge in [0.05, 0.1) is 10.9 Å². The van der Waals surface area contributed by atoms with Crippen LogP contribution in [0.4, 0.5) is 0 Å². The lowest BCUT2D eigenvalue weighted by molar-refractivity contribution is 0.0657. The Labute approximate surface area is 163 Å². The molecule has 1 aliphatic heterocycles. The molecule has 2 aromatic rings.